The van der Waals surface area contributed by atoms with E-state index in [1.54, 1.807) is 0 Å². The van der Waals surface area contributed by atoms with Crippen LogP contribution in [0.3, 0.4) is 0 Å². The first-order valence-corrected chi connectivity index (χ1v) is 7.56. The van der Waals surface area contributed by atoms with E-state index in [0.717, 1.165) is 38.1 Å². The van der Waals surface area contributed by atoms with Crippen molar-refractivity contribution >= 4 is 5.97 Å². The largest absolute Gasteiger partial charge is 1.00 e. The molecule has 0 aromatic heterocycles. The van der Waals surface area contributed by atoms with E-state index in [9.17, 15) is 18.0 Å². The van der Waals surface area contributed by atoms with Crippen LogP contribution in [0.1, 0.15) is 31.8 Å². The number of carbonyl (C=O) groups is 1. The van der Waals surface area contributed by atoms with Crippen LogP contribution < -0.4 is 18.9 Å². The van der Waals surface area contributed by atoms with E-state index >= 15 is 0 Å². The van der Waals surface area contributed by atoms with Gasteiger partial charge in [-0.05, 0) is 30.5 Å². The van der Waals surface area contributed by atoms with Gasteiger partial charge in [0.25, 0.3) is 0 Å². The van der Waals surface area contributed by atoms with Crippen molar-refractivity contribution in [3.63, 3.8) is 0 Å². The smallest absolute Gasteiger partial charge is 1.00 e. The molecule has 0 atom stereocenters. The number of hydrogen-bond donors (Lipinski definition) is 1. The Morgan fingerprint density at radius 3 is 2.33 bits per heavy atom. The Kier molecular flexibility index (Phi) is 8.30. The Labute approximate surface area is 152 Å². The Morgan fingerprint density at radius 2 is 1.83 bits per heavy atom. The molecule has 24 heavy (non-hydrogen) atoms. The Morgan fingerprint density at radius 1 is 1.25 bits per heavy atom. The molecule has 0 amide bonds. The van der Waals surface area contributed by atoms with Crippen molar-refractivity contribution in [2.75, 3.05) is 19.6 Å². The van der Waals surface area contributed by atoms with Gasteiger partial charge in [-0.1, -0.05) is 12.1 Å². The molecule has 1 aromatic rings. The first kappa shape index (κ1) is 21.0. The number of carboxylic acid groups (broad SMARTS) is 1. The molecule has 0 saturated carbocycles. The standard InChI is InChI=1S/C16H20F3NO3.Li.H/c17-16(18,19)13-3-1-12(2-4-13)11-23-14-5-8-20(9-6-14)10-7-15(21)22;;/h1-4,14H,5-11H2,(H,21,22);;/q;+1;-1. The van der Waals surface area contributed by atoms with Crippen LogP contribution in [0.25, 0.3) is 0 Å². The summed E-state index contributed by atoms with van der Waals surface area (Å²) in [7, 11) is 0. The minimum absolute atomic E-state index is 0. The Hall–Kier alpha value is -1.00. The number of hydrogen-bond acceptors (Lipinski definition) is 3. The van der Waals surface area contributed by atoms with Crippen LogP contribution in [0.4, 0.5) is 13.2 Å². The number of aliphatic carboxylic acids is 1. The minimum atomic E-state index is -4.32. The third kappa shape index (κ3) is 6.86. The monoisotopic (exact) mass is 339 g/mol. The van der Waals surface area contributed by atoms with Gasteiger partial charge in [-0.3, -0.25) is 4.79 Å². The zero-order valence-corrected chi connectivity index (χ0v) is 13.7. The quantitative estimate of drug-likeness (QED) is 0.757. The van der Waals surface area contributed by atoms with Crippen LogP contribution in [0.2, 0.25) is 0 Å². The Bertz CT molecular complexity index is 520. The third-order valence-electron chi connectivity index (χ3n) is 3.94. The van der Waals surface area contributed by atoms with Crippen LogP contribution >= 0.6 is 0 Å². The maximum absolute atomic E-state index is 12.5. The number of piperidine rings is 1. The Balaban J connectivity index is 0.00000288. The fourth-order valence-corrected chi connectivity index (χ4v) is 2.56. The molecule has 130 valence electrons. The number of nitrogens with zero attached hydrogens (tertiary/aromatic N) is 1. The van der Waals surface area contributed by atoms with E-state index in [-0.39, 0.29) is 39.4 Å². The second kappa shape index (κ2) is 9.47. The van der Waals surface area contributed by atoms with E-state index < -0.39 is 17.7 Å². The fourth-order valence-electron chi connectivity index (χ4n) is 2.56. The van der Waals surface area contributed by atoms with Gasteiger partial charge in [0.15, 0.2) is 0 Å². The van der Waals surface area contributed by atoms with E-state index in [0.29, 0.717) is 12.1 Å². The SMILES string of the molecule is O=C(O)CCN1CCC(OCc2ccc(C(F)(F)F)cc2)CC1.[H-].[Li+]. The van der Waals surface area contributed by atoms with Crippen LogP contribution in [0.5, 0.6) is 0 Å². The van der Waals surface area contributed by atoms with Crippen molar-refractivity contribution in [2.24, 2.45) is 0 Å². The summed E-state index contributed by atoms with van der Waals surface area (Å²) in [4.78, 5) is 12.6. The molecule has 0 aliphatic carbocycles. The van der Waals surface area contributed by atoms with Crippen LogP contribution in [-0.4, -0.2) is 41.7 Å². The fraction of sp³-hybridized carbons (Fsp3) is 0.562. The van der Waals surface area contributed by atoms with Gasteiger partial charge in [-0.15, -0.1) is 0 Å². The summed E-state index contributed by atoms with van der Waals surface area (Å²) in [6.45, 7) is 2.40. The molecule has 2 rings (SSSR count). The molecule has 1 fully saturated rings. The summed E-state index contributed by atoms with van der Waals surface area (Å²) in [6.07, 6.45) is -2.50. The van der Waals surface area contributed by atoms with Crippen molar-refractivity contribution < 1.29 is 48.1 Å². The summed E-state index contributed by atoms with van der Waals surface area (Å²) in [5.41, 5.74) is 0.0549. The summed E-state index contributed by atoms with van der Waals surface area (Å²) in [5.74, 6) is -0.800. The van der Waals surface area contributed by atoms with Crippen molar-refractivity contribution in [1.82, 2.24) is 4.90 Å². The first-order chi connectivity index (χ1) is 10.8. The molecule has 1 aromatic carbocycles. The molecule has 1 N–H and O–H groups in total. The van der Waals surface area contributed by atoms with Crippen molar-refractivity contribution in [2.45, 2.75) is 38.1 Å². The maximum Gasteiger partial charge on any atom is 1.00 e. The van der Waals surface area contributed by atoms with Gasteiger partial charge < -0.3 is 16.2 Å². The van der Waals surface area contributed by atoms with Gasteiger partial charge in [0.1, 0.15) is 0 Å². The third-order valence-corrected chi connectivity index (χ3v) is 3.94. The van der Waals surface area contributed by atoms with E-state index in [1.807, 2.05) is 0 Å². The number of rotatable bonds is 6. The van der Waals surface area contributed by atoms with E-state index in [4.69, 9.17) is 9.84 Å². The average Bonchev–Trinajstić information content (AvgIpc) is 2.51. The first-order valence-electron chi connectivity index (χ1n) is 7.56. The molecule has 1 saturated heterocycles. The zero-order chi connectivity index (χ0) is 16.9. The van der Waals surface area contributed by atoms with Gasteiger partial charge in [-0.25, -0.2) is 0 Å². The molecule has 0 bridgehead atoms. The molecule has 1 aliphatic rings. The molecule has 8 heteroatoms. The number of benzene rings is 1. The van der Waals surface area contributed by atoms with Crippen LogP contribution in [0, 0.1) is 0 Å². The second-order valence-corrected chi connectivity index (χ2v) is 5.69. The number of ether oxygens (including phenoxy) is 1. The number of likely N-dealkylation sites (tertiary alicyclic amines) is 1. The number of alkyl halides is 3. The average molecular weight is 339 g/mol. The van der Waals surface area contributed by atoms with E-state index in [2.05, 4.69) is 4.90 Å². The molecule has 4 nitrogen and oxygen atoms in total. The predicted molar refractivity (Wildman–Crippen MR) is 79.1 cm³/mol. The molecule has 1 aliphatic heterocycles. The van der Waals surface area contributed by atoms with Gasteiger partial charge >= 0.3 is 31.0 Å². The van der Waals surface area contributed by atoms with Crippen molar-refractivity contribution in [1.29, 1.82) is 0 Å². The van der Waals surface area contributed by atoms with Gasteiger partial charge in [0.2, 0.25) is 0 Å². The van der Waals surface area contributed by atoms with Crippen molar-refractivity contribution in [3.8, 4) is 0 Å². The zero-order valence-electron chi connectivity index (χ0n) is 14.7. The molecule has 0 unspecified atom stereocenters. The molecular formula is C16H21F3LiNO3. The predicted octanol–water partition coefficient (Wildman–Crippen LogP) is 0.278. The van der Waals surface area contributed by atoms with Gasteiger partial charge in [-0.2, -0.15) is 13.2 Å². The molecule has 1 heterocycles. The second-order valence-electron chi connectivity index (χ2n) is 5.69. The van der Waals surface area contributed by atoms with E-state index in [1.165, 1.54) is 12.1 Å². The normalized spacial score (nSPS) is 16.6. The molecule has 0 radical (unpaired) electrons. The summed E-state index contributed by atoms with van der Waals surface area (Å²) < 4.78 is 43.2. The molecular weight excluding hydrogens is 318 g/mol. The van der Waals surface area contributed by atoms with Gasteiger partial charge in [0, 0.05) is 19.6 Å². The minimum Gasteiger partial charge on any atom is -1.00 e. The van der Waals surface area contributed by atoms with Crippen LogP contribution in [0.15, 0.2) is 24.3 Å². The molecule has 0 spiro atoms. The maximum atomic E-state index is 12.5. The number of halogens is 3. The topological polar surface area (TPSA) is 49.8 Å². The summed E-state index contributed by atoms with van der Waals surface area (Å²) in [6, 6.07) is 5.00. The van der Waals surface area contributed by atoms with Crippen molar-refractivity contribution in [3.05, 3.63) is 35.4 Å². The number of carboxylic acids is 1. The summed E-state index contributed by atoms with van der Waals surface area (Å²) >= 11 is 0. The van der Waals surface area contributed by atoms with Crippen LogP contribution in [-0.2, 0) is 22.3 Å². The van der Waals surface area contributed by atoms with Gasteiger partial charge in [0.05, 0.1) is 24.7 Å². The summed E-state index contributed by atoms with van der Waals surface area (Å²) in [5, 5.41) is 8.65.